The summed E-state index contributed by atoms with van der Waals surface area (Å²) in [6.45, 7) is 0.670. The molecule has 4 heterocycles. The Morgan fingerprint density at radius 1 is 1.09 bits per heavy atom. The number of anilines is 1. The first-order chi connectivity index (χ1) is 16.1. The van der Waals surface area contributed by atoms with Crippen LogP contribution in [0.4, 0.5) is 5.82 Å². The summed E-state index contributed by atoms with van der Waals surface area (Å²) in [5.41, 5.74) is 8.39. The zero-order valence-electron chi connectivity index (χ0n) is 17.8. The highest BCUT2D eigenvalue weighted by atomic mass is 16.3. The van der Waals surface area contributed by atoms with Crippen LogP contribution >= 0.6 is 0 Å². The number of hydrogen-bond donors (Lipinski definition) is 2. The van der Waals surface area contributed by atoms with Crippen LogP contribution in [0, 0.1) is 0 Å². The summed E-state index contributed by atoms with van der Waals surface area (Å²) in [5, 5.41) is 3.21. The molecule has 1 amide bonds. The fourth-order valence-corrected chi connectivity index (χ4v) is 3.86. The number of nitrogens with one attached hydrogen (secondary N) is 1. The standard InChI is InChI=1S/C25H21N5O3/c26-22-19(24(31)27-12-11-17-7-2-1-3-8-17)15-20-23(30(22)16-18-9-6-14-33-18)28-21-10-4-5-13-29(21)25(20)32/h1-10,13-15,26H,11-12,16H2,(H,27,31)/p+1. The molecular weight excluding hydrogens is 418 g/mol. The third-order valence-corrected chi connectivity index (χ3v) is 5.54. The molecule has 4 aromatic heterocycles. The van der Waals surface area contributed by atoms with E-state index >= 15 is 0 Å². The molecule has 0 aliphatic rings. The average Bonchev–Trinajstić information content (AvgIpc) is 3.35. The second-order valence-electron chi connectivity index (χ2n) is 7.68. The van der Waals surface area contributed by atoms with E-state index in [0.717, 1.165) is 5.56 Å². The van der Waals surface area contributed by atoms with Crippen molar-refractivity contribution in [2.75, 3.05) is 12.3 Å². The van der Waals surface area contributed by atoms with E-state index in [0.29, 0.717) is 35.4 Å². The van der Waals surface area contributed by atoms with E-state index in [1.807, 2.05) is 36.4 Å². The number of carbonyl (C=O) groups is 1. The van der Waals surface area contributed by atoms with E-state index in [2.05, 4.69) is 10.3 Å². The molecule has 0 bridgehead atoms. The number of benzene rings is 1. The van der Waals surface area contributed by atoms with Crippen molar-refractivity contribution >= 4 is 28.4 Å². The zero-order valence-corrected chi connectivity index (χ0v) is 17.8. The lowest BCUT2D eigenvalue weighted by Gasteiger charge is -2.12. The van der Waals surface area contributed by atoms with Crippen molar-refractivity contribution in [3.8, 4) is 0 Å². The minimum absolute atomic E-state index is 0.211. The lowest BCUT2D eigenvalue weighted by Crippen LogP contribution is -2.43. The molecule has 164 valence electrons. The van der Waals surface area contributed by atoms with E-state index in [1.54, 1.807) is 41.3 Å². The van der Waals surface area contributed by atoms with Gasteiger partial charge < -0.3 is 15.5 Å². The number of hydrogen-bond acceptors (Lipinski definition) is 5. The van der Waals surface area contributed by atoms with Gasteiger partial charge in [-0.1, -0.05) is 41.4 Å². The van der Waals surface area contributed by atoms with Crippen LogP contribution in [-0.4, -0.2) is 21.8 Å². The monoisotopic (exact) mass is 440 g/mol. The Morgan fingerprint density at radius 3 is 2.70 bits per heavy atom. The van der Waals surface area contributed by atoms with Gasteiger partial charge in [0.2, 0.25) is 11.5 Å². The third-order valence-electron chi connectivity index (χ3n) is 5.54. The number of nitrogens with two attached hydrogens (primary N) is 1. The van der Waals surface area contributed by atoms with E-state index in [4.69, 9.17) is 10.2 Å². The van der Waals surface area contributed by atoms with Crippen molar-refractivity contribution < 1.29 is 13.8 Å². The molecule has 0 spiro atoms. The van der Waals surface area contributed by atoms with Gasteiger partial charge in [0, 0.05) is 12.7 Å². The van der Waals surface area contributed by atoms with Gasteiger partial charge in [0.05, 0.1) is 6.26 Å². The SMILES string of the molecule is Nc1c(C(=O)NCCc2ccccc2)cc2c(=O)n3ccccc3nc2[n+]1Cc1ccco1. The number of pyridine rings is 2. The van der Waals surface area contributed by atoms with Crippen molar-refractivity contribution in [3.05, 3.63) is 106 Å². The maximum Gasteiger partial charge on any atom is 0.278 e. The smallest absolute Gasteiger partial charge is 0.278 e. The predicted molar refractivity (Wildman–Crippen MR) is 124 cm³/mol. The molecule has 0 aliphatic heterocycles. The molecule has 1 aromatic carbocycles. The molecule has 3 N–H and O–H groups in total. The molecule has 0 atom stereocenters. The number of aromatic nitrogens is 3. The van der Waals surface area contributed by atoms with Gasteiger partial charge in [-0.05, 0) is 42.3 Å². The minimum atomic E-state index is -0.351. The molecule has 8 nitrogen and oxygen atoms in total. The Bertz CT molecular complexity index is 1510. The largest absolute Gasteiger partial charge is 0.466 e. The molecular formula is C25H22N5O3+. The van der Waals surface area contributed by atoms with Crippen LogP contribution in [0.5, 0.6) is 0 Å². The molecule has 0 unspecified atom stereocenters. The lowest BCUT2D eigenvalue weighted by atomic mass is 10.1. The second kappa shape index (κ2) is 8.58. The highest BCUT2D eigenvalue weighted by Gasteiger charge is 2.25. The number of carbonyl (C=O) groups excluding carboxylic acids is 1. The Labute approximate surface area is 188 Å². The second-order valence-corrected chi connectivity index (χ2v) is 7.68. The average molecular weight is 440 g/mol. The van der Waals surface area contributed by atoms with Crippen LogP contribution in [0.25, 0.3) is 16.7 Å². The highest BCUT2D eigenvalue weighted by Crippen LogP contribution is 2.16. The minimum Gasteiger partial charge on any atom is -0.466 e. The van der Waals surface area contributed by atoms with Gasteiger partial charge in [0.15, 0.2) is 0 Å². The van der Waals surface area contributed by atoms with E-state index < -0.39 is 0 Å². The Hall–Kier alpha value is -4.46. The first-order valence-electron chi connectivity index (χ1n) is 10.6. The normalized spacial score (nSPS) is 11.2. The molecule has 0 radical (unpaired) electrons. The number of furan rings is 1. The number of amides is 1. The van der Waals surface area contributed by atoms with Crippen LogP contribution in [-0.2, 0) is 13.0 Å². The molecule has 5 aromatic rings. The lowest BCUT2D eigenvalue weighted by molar-refractivity contribution is -0.651. The van der Waals surface area contributed by atoms with E-state index in [9.17, 15) is 9.59 Å². The number of rotatable bonds is 6. The van der Waals surface area contributed by atoms with Crippen LogP contribution in [0.2, 0.25) is 0 Å². The van der Waals surface area contributed by atoms with Gasteiger partial charge in [0.1, 0.15) is 23.3 Å². The van der Waals surface area contributed by atoms with Crippen molar-refractivity contribution in [1.29, 1.82) is 0 Å². The number of nitrogens with zero attached hydrogens (tertiary/aromatic N) is 3. The first kappa shape index (κ1) is 20.4. The van der Waals surface area contributed by atoms with Crippen molar-refractivity contribution in [2.24, 2.45) is 0 Å². The van der Waals surface area contributed by atoms with Gasteiger partial charge in [-0.15, -0.1) is 0 Å². The number of nitrogen functional groups attached to an aromatic ring is 1. The van der Waals surface area contributed by atoms with E-state index in [-0.39, 0.29) is 29.4 Å². The van der Waals surface area contributed by atoms with Crippen molar-refractivity contribution in [3.63, 3.8) is 0 Å². The third kappa shape index (κ3) is 3.94. The van der Waals surface area contributed by atoms with Gasteiger partial charge in [-0.25, -0.2) is 4.57 Å². The quantitative estimate of drug-likeness (QED) is 0.311. The van der Waals surface area contributed by atoms with Crippen LogP contribution in [0.3, 0.4) is 0 Å². The topological polar surface area (TPSA) is 107 Å². The Balaban J connectivity index is 1.58. The van der Waals surface area contributed by atoms with Gasteiger partial charge in [0.25, 0.3) is 17.1 Å². The molecule has 5 rings (SSSR count). The molecule has 0 fully saturated rings. The van der Waals surface area contributed by atoms with Crippen molar-refractivity contribution in [2.45, 2.75) is 13.0 Å². The van der Waals surface area contributed by atoms with Gasteiger partial charge in [-0.2, -0.15) is 0 Å². The van der Waals surface area contributed by atoms with Crippen LogP contribution < -0.4 is 21.2 Å². The molecule has 0 saturated heterocycles. The predicted octanol–water partition coefficient (Wildman–Crippen LogP) is 2.33. The molecule has 8 heteroatoms. The van der Waals surface area contributed by atoms with Crippen LogP contribution in [0.15, 0.2) is 88.4 Å². The molecule has 0 saturated carbocycles. The summed E-state index contributed by atoms with van der Waals surface area (Å²) in [6, 6.07) is 20.3. The van der Waals surface area contributed by atoms with Gasteiger partial charge in [-0.3, -0.25) is 14.0 Å². The van der Waals surface area contributed by atoms with Gasteiger partial charge >= 0.3 is 0 Å². The summed E-state index contributed by atoms with van der Waals surface area (Å²) in [5.74, 6) is 0.490. The summed E-state index contributed by atoms with van der Waals surface area (Å²) < 4.78 is 8.58. The fraction of sp³-hybridized carbons (Fsp3) is 0.120. The maximum absolute atomic E-state index is 13.2. The Morgan fingerprint density at radius 2 is 1.91 bits per heavy atom. The van der Waals surface area contributed by atoms with E-state index in [1.165, 1.54) is 10.5 Å². The highest BCUT2D eigenvalue weighted by molar-refractivity contribution is 6.00. The summed E-state index contributed by atoms with van der Waals surface area (Å²) in [6.07, 6.45) is 3.89. The van der Waals surface area contributed by atoms with Crippen LogP contribution in [0.1, 0.15) is 21.7 Å². The molecule has 33 heavy (non-hydrogen) atoms. The van der Waals surface area contributed by atoms with Crippen molar-refractivity contribution in [1.82, 2.24) is 14.7 Å². The Kier molecular flexibility index (Phi) is 5.32. The zero-order chi connectivity index (χ0) is 22.8. The summed E-state index contributed by atoms with van der Waals surface area (Å²) >= 11 is 0. The fourth-order valence-electron chi connectivity index (χ4n) is 3.86. The summed E-state index contributed by atoms with van der Waals surface area (Å²) in [7, 11) is 0. The summed E-state index contributed by atoms with van der Waals surface area (Å²) in [4.78, 5) is 31.0. The molecule has 0 aliphatic carbocycles. The maximum atomic E-state index is 13.2. The first-order valence-corrected chi connectivity index (χ1v) is 10.6. The number of fused-ring (bicyclic) bond motifs is 2.